The van der Waals surface area contributed by atoms with Gasteiger partial charge >= 0.3 is 6.18 Å². The molecule has 0 heterocycles. The number of carbonyl (C=O) groups excluding carboxylic acids is 1. The lowest BCUT2D eigenvalue weighted by atomic mass is 10.2. The summed E-state index contributed by atoms with van der Waals surface area (Å²) in [4.78, 5) is 11.5. The minimum Gasteiger partial charge on any atom is -0.323 e. The molecule has 1 aromatic rings. The molecule has 3 nitrogen and oxygen atoms in total. The normalized spacial score (nSPS) is 13.2. The number of nitrogens with two attached hydrogens (primary N) is 1. The molecule has 18 heavy (non-hydrogen) atoms. The van der Waals surface area contributed by atoms with Crippen LogP contribution in [0, 0.1) is 0 Å². The summed E-state index contributed by atoms with van der Waals surface area (Å²) in [6, 6.07) is 1.99. The summed E-state index contributed by atoms with van der Waals surface area (Å²) in [5.74, 6) is -0.487. The Labute approximate surface area is 107 Å². The molecule has 3 N–H and O–H groups in total. The second-order valence-electron chi connectivity index (χ2n) is 3.70. The van der Waals surface area contributed by atoms with Crippen LogP contribution in [0.3, 0.4) is 0 Å². The van der Waals surface area contributed by atoms with Gasteiger partial charge < -0.3 is 11.1 Å². The molecule has 0 aromatic heterocycles. The fourth-order valence-electron chi connectivity index (χ4n) is 1.20. The topological polar surface area (TPSA) is 55.1 Å². The highest BCUT2D eigenvalue weighted by Gasteiger charge is 2.31. The molecule has 0 fully saturated rings. The molecule has 0 unspecified atom stereocenters. The molecule has 0 radical (unpaired) electrons. The Hall–Kier alpha value is -1.27. The maximum Gasteiger partial charge on any atom is 0.416 e. The van der Waals surface area contributed by atoms with Gasteiger partial charge in [0.2, 0.25) is 5.91 Å². The third kappa shape index (κ3) is 3.61. The zero-order valence-electron chi connectivity index (χ0n) is 9.51. The van der Waals surface area contributed by atoms with Crippen molar-refractivity contribution < 1.29 is 18.0 Å². The fraction of sp³-hybridized carbons (Fsp3) is 0.364. The van der Waals surface area contributed by atoms with E-state index in [2.05, 4.69) is 5.32 Å². The number of benzene rings is 1. The van der Waals surface area contributed by atoms with Gasteiger partial charge in [0.1, 0.15) is 0 Å². The molecule has 1 rings (SSSR count). The Morgan fingerprint density at radius 2 is 2.11 bits per heavy atom. The summed E-state index contributed by atoms with van der Waals surface area (Å²) in [6.07, 6.45) is -4.05. The predicted octanol–water partition coefficient (Wildman–Crippen LogP) is 3.03. The van der Waals surface area contributed by atoms with Crippen LogP contribution in [0.5, 0.6) is 0 Å². The zero-order chi connectivity index (χ0) is 13.9. The minimum atomic E-state index is -4.47. The molecule has 0 saturated heterocycles. The van der Waals surface area contributed by atoms with Gasteiger partial charge in [-0.2, -0.15) is 13.2 Å². The van der Waals surface area contributed by atoms with E-state index in [1.54, 1.807) is 6.92 Å². The summed E-state index contributed by atoms with van der Waals surface area (Å²) < 4.78 is 37.1. The SMILES string of the molecule is CC[C@H](N)C(=O)Nc1ccc(C(F)(F)F)cc1Cl. The van der Waals surface area contributed by atoms with Crippen LogP contribution >= 0.6 is 11.6 Å². The molecule has 1 aromatic carbocycles. The van der Waals surface area contributed by atoms with Gasteiger partial charge in [-0.15, -0.1) is 0 Å². The Morgan fingerprint density at radius 3 is 2.56 bits per heavy atom. The monoisotopic (exact) mass is 280 g/mol. The van der Waals surface area contributed by atoms with E-state index in [0.717, 1.165) is 18.2 Å². The summed E-state index contributed by atoms with van der Waals surface area (Å²) >= 11 is 5.67. The lowest BCUT2D eigenvalue weighted by Crippen LogP contribution is -2.34. The number of alkyl halides is 3. The zero-order valence-corrected chi connectivity index (χ0v) is 10.3. The standard InChI is InChI=1S/C11H12ClF3N2O/c1-2-8(16)10(18)17-9-4-3-6(5-7(9)12)11(13,14)15/h3-5,8H,2,16H2,1H3,(H,17,18)/t8-/m0/s1. The summed E-state index contributed by atoms with van der Waals surface area (Å²) in [6.45, 7) is 1.72. The first-order valence-electron chi connectivity index (χ1n) is 5.19. The van der Waals surface area contributed by atoms with Gasteiger partial charge in [0.15, 0.2) is 0 Å². The van der Waals surface area contributed by atoms with Crippen molar-refractivity contribution in [1.82, 2.24) is 0 Å². The maximum absolute atomic E-state index is 12.4. The van der Waals surface area contributed by atoms with Crippen LogP contribution in [0.15, 0.2) is 18.2 Å². The number of hydrogen-bond acceptors (Lipinski definition) is 2. The molecule has 0 aliphatic carbocycles. The van der Waals surface area contributed by atoms with E-state index in [0.29, 0.717) is 6.42 Å². The van der Waals surface area contributed by atoms with Crippen molar-refractivity contribution in [3.8, 4) is 0 Å². The average molecular weight is 281 g/mol. The smallest absolute Gasteiger partial charge is 0.323 e. The van der Waals surface area contributed by atoms with Crippen molar-refractivity contribution in [2.75, 3.05) is 5.32 Å². The van der Waals surface area contributed by atoms with Crippen molar-refractivity contribution in [2.45, 2.75) is 25.6 Å². The van der Waals surface area contributed by atoms with Gasteiger partial charge in [-0.05, 0) is 24.6 Å². The number of nitrogens with one attached hydrogen (secondary N) is 1. The number of halogens is 4. The molecular formula is C11H12ClF3N2O. The summed E-state index contributed by atoms with van der Waals surface area (Å²) in [5.41, 5.74) is 4.72. The number of hydrogen-bond donors (Lipinski definition) is 2. The van der Waals surface area contributed by atoms with Gasteiger partial charge in [0.05, 0.1) is 22.3 Å². The molecule has 0 bridgehead atoms. The largest absolute Gasteiger partial charge is 0.416 e. The number of amides is 1. The van der Waals surface area contributed by atoms with E-state index in [4.69, 9.17) is 17.3 Å². The molecule has 0 spiro atoms. The molecule has 0 aliphatic rings. The average Bonchev–Trinajstić information content (AvgIpc) is 2.29. The van der Waals surface area contributed by atoms with Gasteiger partial charge in [-0.1, -0.05) is 18.5 Å². The van der Waals surface area contributed by atoms with Crippen LogP contribution in [0.4, 0.5) is 18.9 Å². The Kier molecular flexibility index (Phi) is 4.59. The minimum absolute atomic E-state index is 0.110. The van der Waals surface area contributed by atoms with Crippen LogP contribution in [0.2, 0.25) is 5.02 Å². The molecule has 1 atom stereocenters. The lowest BCUT2D eigenvalue weighted by molar-refractivity contribution is -0.137. The van der Waals surface area contributed by atoms with Crippen molar-refractivity contribution >= 4 is 23.2 Å². The molecular weight excluding hydrogens is 269 g/mol. The van der Waals surface area contributed by atoms with Gasteiger partial charge in [-0.3, -0.25) is 4.79 Å². The van der Waals surface area contributed by atoms with Gasteiger partial charge in [-0.25, -0.2) is 0 Å². The van der Waals surface area contributed by atoms with Crippen molar-refractivity contribution in [3.63, 3.8) is 0 Å². The first-order valence-corrected chi connectivity index (χ1v) is 5.56. The second kappa shape index (κ2) is 5.58. The van der Waals surface area contributed by atoms with Crippen molar-refractivity contribution in [3.05, 3.63) is 28.8 Å². The quantitative estimate of drug-likeness (QED) is 0.894. The van der Waals surface area contributed by atoms with E-state index < -0.39 is 23.7 Å². The van der Waals surface area contributed by atoms with E-state index in [9.17, 15) is 18.0 Å². The molecule has 7 heteroatoms. The van der Waals surface area contributed by atoms with Crippen LogP contribution in [-0.2, 0) is 11.0 Å². The van der Waals surface area contributed by atoms with E-state index >= 15 is 0 Å². The Morgan fingerprint density at radius 1 is 1.50 bits per heavy atom. The fourth-order valence-corrected chi connectivity index (χ4v) is 1.43. The molecule has 0 aliphatic heterocycles. The number of rotatable bonds is 3. The van der Waals surface area contributed by atoms with Gasteiger partial charge in [0, 0.05) is 0 Å². The van der Waals surface area contributed by atoms with Gasteiger partial charge in [0.25, 0.3) is 0 Å². The number of carbonyl (C=O) groups is 1. The van der Waals surface area contributed by atoms with Crippen LogP contribution in [-0.4, -0.2) is 11.9 Å². The van der Waals surface area contributed by atoms with E-state index in [1.165, 1.54) is 0 Å². The summed E-state index contributed by atoms with van der Waals surface area (Å²) in [7, 11) is 0. The molecule has 0 saturated carbocycles. The van der Waals surface area contributed by atoms with Crippen molar-refractivity contribution in [1.29, 1.82) is 0 Å². The predicted molar refractivity (Wildman–Crippen MR) is 63.4 cm³/mol. The maximum atomic E-state index is 12.4. The highest BCUT2D eigenvalue weighted by atomic mass is 35.5. The highest BCUT2D eigenvalue weighted by Crippen LogP contribution is 2.33. The Bertz CT molecular complexity index is 448. The van der Waals surface area contributed by atoms with Crippen molar-refractivity contribution in [2.24, 2.45) is 5.73 Å². The summed E-state index contributed by atoms with van der Waals surface area (Å²) in [5, 5.41) is 2.20. The Balaban J connectivity index is 2.90. The molecule has 1 amide bonds. The highest BCUT2D eigenvalue weighted by molar-refractivity contribution is 6.33. The second-order valence-corrected chi connectivity index (χ2v) is 4.10. The van der Waals surface area contributed by atoms with Crippen LogP contribution < -0.4 is 11.1 Å². The van der Waals surface area contributed by atoms with Crippen LogP contribution in [0.25, 0.3) is 0 Å². The van der Waals surface area contributed by atoms with E-state index in [-0.39, 0.29) is 10.7 Å². The lowest BCUT2D eigenvalue weighted by Gasteiger charge is -2.13. The third-order valence-electron chi connectivity index (χ3n) is 2.33. The molecule has 100 valence electrons. The number of anilines is 1. The first-order chi connectivity index (χ1) is 8.25. The van der Waals surface area contributed by atoms with Crippen LogP contribution in [0.1, 0.15) is 18.9 Å². The van der Waals surface area contributed by atoms with E-state index in [1.807, 2.05) is 0 Å². The third-order valence-corrected chi connectivity index (χ3v) is 2.64. The first kappa shape index (κ1) is 14.8.